The van der Waals surface area contributed by atoms with Crippen LogP contribution in [0.3, 0.4) is 0 Å². The third kappa shape index (κ3) is 4.64. The van der Waals surface area contributed by atoms with E-state index in [0.717, 1.165) is 30.9 Å². The molecule has 0 saturated heterocycles. The van der Waals surface area contributed by atoms with Crippen LogP contribution < -0.4 is 4.74 Å². The minimum Gasteiger partial charge on any atom is -0.493 e. The molecular formula is C13H20O3. The zero-order valence-electron chi connectivity index (χ0n) is 9.98. The Morgan fingerprint density at radius 1 is 1.31 bits per heavy atom. The van der Waals surface area contributed by atoms with Gasteiger partial charge in [0.05, 0.1) is 12.7 Å². The Labute approximate surface area is 97.0 Å². The fraction of sp³-hybridized carbons (Fsp3) is 0.538. The molecule has 0 aliphatic rings. The molecule has 1 rings (SSSR count). The quantitative estimate of drug-likeness (QED) is 0.723. The van der Waals surface area contributed by atoms with Crippen molar-refractivity contribution >= 4 is 0 Å². The van der Waals surface area contributed by atoms with E-state index in [1.807, 2.05) is 31.2 Å². The maximum Gasteiger partial charge on any atom is 0.119 e. The summed E-state index contributed by atoms with van der Waals surface area (Å²) in [5, 5.41) is 9.41. The van der Waals surface area contributed by atoms with Gasteiger partial charge < -0.3 is 14.6 Å². The van der Waals surface area contributed by atoms with E-state index < -0.39 is 6.10 Å². The molecule has 1 aromatic carbocycles. The second-order valence-electron chi connectivity index (χ2n) is 3.65. The Hall–Kier alpha value is -1.06. The molecule has 1 aromatic rings. The lowest BCUT2D eigenvalue weighted by atomic mass is 10.1. The highest BCUT2D eigenvalue weighted by atomic mass is 16.5. The second kappa shape index (κ2) is 7.25. The van der Waals surface area contributed by atoms with E-state index in [4.69, 9.17) is 9.47 Å². The van der Waals surface area contributed by atoms with Crippen LogP contribution in [-0.2, 0) is 4.74 Å². The summed E-state index contributed by atoms with van der Waals surface area (Å²) in [6, 6.07) is 7.54. The van der Waals surface area contributed by atoms with Crippen molar-refractivity contribution in [1.82, 2.24) is 0 Å². The molecule has 0 spiro atoms. The fourth-order valence-electron chi connectivity index (χ4n) is 1.36. The maximum atomic E-state index is 9.41. The van der Waals surface area contributed by atoms with Gasteiger partial charge in [0.1, 0.15) is 5.75 Å². The van der Waals surface area contributed by atoms with Gasteiger partial charge in [-0.1, -0.05) is 12.1 Å². The molecule has 1 N–H and O–H groups in total. The molecule has 1 atom stereocenters. The molecule has 3 heteroatoms. The lowest BCUT2D eigenvalue weighted by molar-refractivity contribution is 0.130. The standard InChI is InChI=1S/C13H20O3/c1-3-15-8-5-9-16-13-7-4-6-12(10-13)11(2)14/h4,6-7,10-11,14H,3,5,8-9H2,1-2H3/t11-/m1/s1. The van der Waals surface area contributed by atoms with Gasteiger partial charge in [0.25, 0.3) is 0 Å². The van der Waals surface area contributed by atoms with Crippen LogP contribution in [0.25, 0.3) is 0 Å². The average molecular weight is 224 g/mol. The van der Waals surface area contributed by atoms with Crippen LogP contribution in [0.2, 0.25) is 0 Å². The van der Waals surface area contributed by atoms with E-state index in [9.17, 15) is 5.11 Å². The second-order valence-corrected chi connectivity index (χ2v) is 3.65. The number of hydrogen-bond acceptors (Lipinski definition) is 3. The molecule has 0 heterocycles. The predicted molar refractivity (Wildman–Crippen MR) is 63.7 cm³/mol. The SMILES string of the molecule is CCOCCCOc1cccc([C@@H](C)O)c1. The third-order valence-electron chi connectivity index (χ3n) is 2.25. The largest absolute Gasteiger partial charge is 0.493 e. The van der Waals surface area contributed by atoms with Crippen LogP contribution in [0.5, 0.6) is 5.75 Å². The molecule has 0 aliphatic heterocycles. The van der Waals surface area contributed by atoms with E-state index in [1.54, 1.807) is 6.92 Å². The molecule has 0 bridgehead atoms. The van der Waals surface area contributed by atoms with Gasteiger partial charge >= 0.3 is 0 Å². The Kier molecular flexibility index (Phi) is 5.90. The third-order valence-corrected chi connectivity index (χ3v) is 2.25. The number of rotatable bonds is 7. The molecule has 0 amide bonds. The molecule has 0 saturated carbocycles. The van der Waals surface area contributed by atoms with E-state index >= 15 is 0 Å². The minimum atomic E-state index is -0.452. The molecule has 0 radical (unpaired) electrons. The van der Waals surface area contributed by atoms with Gasteiger partial charge in [-0.25, -0.2) is 0 Å². The molecule has 0 unspecified atom stereocenters. The number of hydrogen-bond donors (Lipinski definition) is 1. The lowest BCUT2D eigenvalue weighted by Crippen LogP contribution is -2.03. The molecule has 0 fully saturated rings. The fourth-order valence-corrected chi connectivity index (χ4v) is 1.36. The summed E-state index contributed by atoms with van der Waals surface area (Å²) in [6.07, 6.45) is 0.430. The highest BCUT2D eigenvalue weighted by Crippen LogP contribution is 2.18. The first-order valence-corrected chi connectivity index (χ1v) is 5.72. The number of benzene rings is 1. The summed E-state index contributed by atoms with van der Waals surface area (Å²) in [6.45, 7) is 5.84. The van der Waals surface area contributed by atoms with Crippen molar-refractivity contribution in [3.05, 3.63) is 29.8 Å². The van der Waals surface area contributed by atoms with Crippen molar-refractivity contribution in [2.45, 2.75) is 26.4 Å². The first kappa shape index (κ1) is 13.0. The average Bonchev–Trinajstić information content (AvgIpc) is 2.29. The van der Waals surface area contributed by atoms with Gasteiger partial charge in [-0.05, 0) is 31.5 Å². The van der Waals surface area contributed by atoms with E-state index in [2.05, 4.69) is 0 Å². The molecular weight excluding hydrogens is 204 g/mol. The smallest absolute Gasteiger partial charge is 0.119 e. The Balaban J connectivity index is 2.33. The summed E-state index contributed by atoms with van der Waals surface area (Å²) < 4.78 is 10.8. The summed E-state index contributed by atoms with van der Waals surface area (Å²) in [5.74, 6) is 0.801. The zero-order valence-corrected chi connectivity index (χ0v) is 9.98. The van der Waals surface area contributed by atoms with Crippen molar-refractivity contribution in [1.29, 1.82) is 0 Å². The van der Waals surface area contributed by atoms with Gasteiger partial charge in [-0.3, -0.25) is 0 Å². The molecule has 0 aliphatic carbocycles. The van der Waals surface area contributed by atoms with Gasteiger partial charge in [0, 0.05) is 19.6 Å². The summed E-state index contributed by atoms with van der Waals surface area (Å²) in [4.78, 5) is 0. The van der Waals surface area contributed by atoms with Crippen LogP contribution >= 0.6 is 0 Å². The zero-order chi connectivity index (χ0) is 11.8. The first-order valence-electron chi connectivity index (χ1n) is 5.72. The molecule has 90 valence electrons. The topological polar surface area (TPSA) is 38.7 Å². The van der Waals surface area contributed by atoms with Crippen LogP contribution in [0, 0.1) is 0 Å². The monoisotopic (exact) mass is 224 g/mol. The van der Waals surface area contributed by atoms with Gasteiger partial charge in [-0.2, -0.15) is 0 Å². The summed E-state index contributed by atoms with van der Waals surface area (Å²) in [7, 11) is 0. The van der Waals surface area contributed by atoms with E-state index in [-0.39, 0.29) is 0 Å². The molecule has 16 heavy (non-hydrogen) atoms. The van der Waals surface area contributed by atoms with Crippen molar-refractivity contribution in [3.63, 3.8) is 0 Å². The summed E-state index contributed by atoms with van der Waals surface area (Å²) in [5.41, 5.74) is 0.877. The number of aliphatic hydroxyl groups excluding tert-OH is 1. The van der Waals surface area contributed by atoms with Gasteiger partial charge in [0.2, 0.25) is 0 Å². The normalized spacial score (nSPS) is 12.4. The Bertz CT molecular complexity index is 297. The van der Waals surface area contributed by atoms with Crippen molar-refractivity contribution in [3.8, 4) is 5.75 Å². The Morgan fingerprint density at radius 2 is 2.12 bits per heavy atom. The van der Waals surface area contributed by atoms with E-state index in [0.29, 0.717) is 6.61 Å². The van der Waals surface area contributed by atoms with Gasteiger partial charge in [-0.15, -0.1) is 0 Å². The van der Waals surface area contributed by atoms with Crippen molar-refractivity contribution in [2.24, 2.45) is 0 Å². The molecule has 3 nitrogen and oxygen atoms in total. The Morgan fingerprint density at radius 3 is 2.81 bits per heavy atom. The highest BCUT2D eigenvalue weighted by Gasteiger charge is 2.01. The van der Waals surface area contributed by atoms with Crippen molar-refractivity contribution in [2.75, 3.05) is 19.8 Å². The minimum absolute atomic E-state index is 0.452. The lowest BCUT2D eigenvalue weighted by Gasteiger charge is -2.09. The van der Waals surface area contributed by atoms with Crippen LogP contribution in [-0.4, -0.2) is 24.9 Å². The van der Waals surface area contributed by atoms with Crippen LogP contribution in [0.15, 0.2) is 24.3 Å². The van der Waals surface area contributed by atoms with Crippen LogP contribution in [0.1, 0.15) is 31.9 Å². The number of aliphatic hydroxyl groups is 1. The maximum absolute atomic E-state index is 9.41. The van der Waals surface area contributed by atoms with Crippen molar-refractivity contribution < 1.29 is 14.6 Å². The number of ether oxygens (including phenoxy) is 2. The van der Waals surface area contributed by atoms with Gasteiger partial charge in [0.15, 0.2) is 0 Å². The molecule has 0 aromatic heterocycles. The summed E-state index contributed by atoms with van der Waals surface area (Å²) >= 11 is 0. The van der Waals surface area contributed by atoms with E-state index in [1.165, 1.54) is 0 Å². The first-order chi connectivity index (χ1) is 7.74. The predicted octanol–water partition coefficient (Wildman–Crippen LogP) is 2.55. The van der Waals surface area contributed by atoms with Crippen LogP contribution in [0.4, 0.5) is 0 Å². The highest BCUT2D eigenvalue weighted by molar-refractivity contribution is 5.29.